The Bertz CT molecular complexity index is 248. The van der Waals surface area contributed by atoms with E-state index in [2.05, 4.69) is 6.92 Å². The Hall–Kier alpha value is -0.660. The average Bonchev–Trinajstić information content (AvgIpc) is 2.51. The van der Waals surface area contributed by atoms with E-state index in [0.717, 1.165) is 12.8 Å². The normalized spacial score (nSPS) is 10.8. The van der Waals surface area contributed by atoms with E-state index in [1.165, 1.54) is 83.5 Å². The van der Waals surface area contributed by atoms with Crippen LogP contribution in [0.25, 0.3) is 0 Å². The molecule has 0 aromatic rings. The Morgan fingerprint density at radius 2 is 1.00 bits per heavy atom. The molecule has 0 aliphatic rings. The van der Waals surface area contributed by atoms with Crippen LogP contribution in [-0.2, 0) is 9.59 Å². The van der Waals surface area contributed by atoms with E-state index in [0.29, 0.717) is 12.7 Å². The molecule has 0 radical (unpaired) electrons. The van der Waals surface area contributed by atoms with Gasteiger partial charge in [0.2, 0.25) is 0 Å². The minimum absolute atomic E-state index is 0.102. The minimum atomic E-state index is 0.102. The van der Waals surface area contributed by atoms with Crippen LogP contribution in [0.3, 0.4) is 0 Å². The van der Waals surface area contributed by atoms with Gasteiger partial charge in [-0.1, -0.05) is 96.8 Å². The summed E-state index contributed by atoms with van der Waals surface area (Å²) in [5.74, 6) is 0.102. The van der Waals surface area contributed by atoms with Crippen LogP contribution in [0.15, 0.2) is 0 Å². The van der Waals surface area contributed by atoms with Crippen molar-refractivity contribution in [2.75, 3.05) is 0 Å². The van der Waals surface area contributed by atoms with Gasteiger partial charge in [0, 0.05) is 6.42 Å². The Morgan fingerprint density at radius 1 is 0.636 bits per heavy atom. The molecule has 0 rings (SSSR count). The van der Waals surface area contributed by atoms with Crippen molar-refractivity contribution in [3.63, 3.8) is 0 Å². The molecule has 0 atom stereocenters. The summed E-state index contributed by atoms with van der Waals surface area (Å²) in [7, 11) is 0. The third-order valence-corrected chi connectivity index (χ3v) is 4.37. The second kappa shape index (κ2) is 18.4. The second-order valence-corrected chi connectivity index (χ2v) is 6.61. The predicted molar refractivity (Wildman–Crippen MR) is 95.2 cm³/mol. The molecule has 0 N–H and O–H groups in total. The van der Waals surface area contributed by atoms with Crippen LogP contribution in [0, 0.1) is 0 Å². The number of rotatable bonds is 18. The van der Waals surface area contributed by atoms with Crippen molar-refractivity contribution < 1.29 is 9.59 Å². The number of Topliss-reactive ketones (excluding diaryl/α,β-unsaturated/α-hetero) is 1. The molecule has 0 unspecified atom stereocenters. The van der Waals surface area contributed by atoms with Crippen molar-refractivity contribution in [3.05, 3.63) is 0 Å². The van der Waals surface area contributed by atoms with Gasteiger partial charge in [-0.3, -0.25) is 4.79 Å². The van der Waals surface area contributed by atoms with E-state index >= 15 is 0 Å². The first-order valence-electron chi connectivity index (χ1n) is 9.76. The van der Waals surface area contributed by atoms with Crippen LogP contribution in [0.1, 0.15) is 116 Å². The summed E-state index contributed by atoms with van der Waals surface area (Å²) < 4.78 is 0. The van der Waals surface area contributed by atoms with Crippen molar-refractivity contribution in [1.29, 1.82) is 0 Å². The van der Waals surface area contributed by atoms with Crippen LogP contribution in [0.5, 0.6) is 0 Å². The molecule has 2 heteroatoms. The van der Waals surface area contributed by atoms with Crippen LogP contribution in [-0.4, -0.2) is 12.1 Å². The van der Waals surface area contributed by atoms with E-state index in [9.17, 15) is 9.59 Å². The van der Waals surface area contributed by atoms with E-state index in [1.807, 2.05) is 0 Å². The zero-order valence-corrected chi connectivity index (χ0v) is 14.9. The number of aldehydes is 1. The highest BCUT2D eigenvalue weighted by atomic mass is 16.1. The fraction of sp³-hybridized carbons (Fsp3) is 0.900. The van der Waals surface area contributed by atoms with Crippen molar-refractivity contribution in [2.24, 2.45) is 0 Å². The molecule has 0 aromatic carbocycles. The second-order valence-electron chi connectivity index (χ2n) is 6.61. The van der Waals surface area contributed by atoms with Gasteiger partial charge in [-0.05, 0) is 6.42 Å². The third kappa shape index (κ3) is 17.4. The number of ketones is 1. The average molecular weight is 311 g/mol. The Kier molecular flexibility index (Phi) is 17.8. The number of unbranched alkanes of at least 4 members (excludes halogenated alkanes) is 14. The maximum absolute atomic E-state index is 11.1. The summed E-state index contributed by atoms with van der Waals surface area (Å²) in [5, 5.41) is 0. The smallest absolute Gasteiger partial charge is 0.139 e. The summed E-state index contributed by atoms with van der Waals surface area (Å²) in [6, 6.07) is 0. The highest BCUT2D eigenvalue weighted by molar-refractivity contribution is 5.89. The quantitative estimate of drug-likeness (QED) is 0.167. The van der Waals surface area contributed by atoms with Gasteiger partial charge in [0.15, 0.2) is 0 Å². The maximum Gasteiger partial charge on any atom is 0.139 e. The summed E-state index contributed by atoms with van der Waals surface area (Å²) in [5.41, 5.74) is 0. The largest absolute Gasteiger partial charge is 0.303 e. The number of hydrogen-bond donors (Lipinski definition) is 0. The topological polar surface area (TPSA) is 34.1 Å². The summed E-state index contributed by atoms with van der Waals surface area (Å²) in [6.45, 7) is 2.27. The molecule has 0 spiro atoms. The van der Waals surface area contributed by atoms with Crippen molar-refractivity contribution in [1.82, 2.24) is 0 Å². The highest BCUT2D eigenvalue weighted by Crippen LogP contribution is 2.13. The lowest BCUT2D eigenvalue weighted by Crippen LogP contribution is -1.97. The Labute approximate surface area is 138 Å². The van der Waals surface area contributed by atoms with Gasteiger partial charge in [0.05, 0.1) is 6.42 Å². The number of hydrogen-bond acceptors (Lipinski definition) is 2. The van der Waals surface area contributed by atoms with Crippen LogP contribution < -0.4 is 0 Å². The zero-order valence-electron chi connectivity index (χ0n) is 14.9. The predicted octanol–water partition coefficient (Wildman–Crippen LogP) is 6.41. The monoisotopic (exact) mass is 310 g/mol. The SMILES string of the molecule is CCCCCCCCCCCCCCCCCC(=O)CC=O. The molecular formula is C20H38O2. The standard InChI is InChI=1S/C20H38O2/c1-2-3-4-5-6-7-8-9-10-11-12-13-14-15-16-17-20(22)18-19-21/h19H,2-18H2,1H3. The minimum Gasteiger partial charge on any atom is -0.303 e. The van der Waals surface area contributed by atoms with Crippen LogP contribution >= 0.6 is 0 Å². The molecule has 0 saturated carbocycles. The first-order chi connectivity index (χ1) is 10.8. The molecule has 0 aliphatic heterocycles. The number of carbonyl (C=O) groups excluding carboxylic acids is 2. The van der Waals surface area contributed by atoms with Gasteiger partial charge in [0.25, 0.3) is 0 Å². The first-order valence-corrected chi connectivity index (χ1v) is 9.76. The zero-order chi connectivity index (χ0) is 16.3. The molecule has 22 heavy (non-hydrogen) atoms. The highest BCUT2D eigenvalue weighted by Gasteiger charge is 2.00. The molecule has 0 amide bonds. The summed E-state index contributed by atoms with van der Waals surface area (Å²) >= 11 is 0. The molecule has 2 nitrogen and oxygen atoms in total. The van der Waals surface area contributed by atoms with Gasteiger partial charge in [0.1, 0.15) is 12.1 Å². The van der Waals surface area contributed by atoms with Gasteiger partial charge in [-0.15, -0.1) is 0 Å². The van der Waals surface area contributed by atoms with Crippen LogP contribution in [0.4, 0.5) is 0 Å². The fourth-order valence-electron chi connectivity index (χ4n) is 2.89. The molecule has 0 fully saturated rings. The number of carbonyl (C=O) groups is 2. The molecule has 0 aromatic heterocycles. The first kappa shape index (κ1) is 21.3. The Balaban J connectivity index is 3.02. The van der Waals surface area contributed by atoms with Gasteiger partial charge in [-0.2, -0.15) is 0 Å². The lowest BCUT2D eigenvalue weighted by Gasteiger charge is -2.03. The van der Waals surface area contributed by atoms with Crippen LogP contribution in [0.2, 0.25) is 0 Å². The maximum atomic E-state index is 11.1. The molecule has 0 saturated heterocycles. The van der Waals surface area contributed by atoms with E-state index < -0.39 is 0 Å². The van der Waals surface area contributed by atoms with Crippen molar-refractivity contribution in [3.8, 4) is 0 Å². The Morgan fingerprint density at radius 3 is 1.36 bits per heavy atom. The molecule has 130 valence electrons. The van der Waals surface area contributed by atoms with Gasteiger partial charge < -0.3 is 4.79 Å². The van der Waals surface area contributed by atoms with Gasteiger partial charge in [-0.25, -0.2) is 0 Å². The molecule has 0 bridgehead atoms. The molecule has 0 aliphatic carbocycles. The van der Waals surface area contributed by atoms with E-state index in [4.69, 9.17) is 0 Å². The molecule has 0 heterocycles. The van der Waals surface area contributed by atoms with E-state index in [-0.39, 0.29) is 12.2 Å². The van der Waals surface area contributed by atoms with Crippen molar-refractivity contribution >= 4 is 12.1 Å². The van der Waals surface area contributed by atoms with Gasteiger partial charge >= 0.3 is 0 Å². The summed E-state index contributed by atoms with van der Waals surface area (Å²) in [4.78, 5) is 21.3. The third-order valence-electron chi connectivity index (χ3n) is 4.37. The van der Waals surface area contributed by atoms with Crippen molar-refractivity contribution in [2.45, 2.75) is 116 Å². The van der Waals surface area contributed by atoms with E-state index in [1.54, 1.807) is 0 Å². The lowest BCUT2D eigenvalue weighted by molar-refractivity contribution is -0.122. The fourth-order valence-corrected chi connectivity index (χ4v) is 2.89. The molecular weight excluding hydrogens is 272 g/mol. The lowest BCUT2D eigenvalue weighted by atomic mass is 10.0. The summed E-state index contributed by atoms with van der Waals surface area (Å²) in [6.07, 6.45) is 21.5.